The fourth-order valence-electron chi connectivity index (χ4n) is 6.32. The molecule has 0 aliphatic carbocycles. The van der Waals surface area contributed by atoms with Gasteiger partial charge in [-0.05, 0) is 63.4 Å². The van der Waals surface area contributed by atoms with Crippen molar-refractivity contribution in [1.29, 1.82) is 0 Å². The Hall–Kier alpha value is -3.13. The number of pyridine rings is 1. The Morgan fingerprint density at radius 2 is 1.74 bits per heavy atom. The average molecular weight is 476 g/mol. The number of fused-ring (bicyclic) bond motifs is 3. The van der Waals surface area contributed by atoms with Crippen molar-refractivity contribution in [1.82, 2.24) is 20.5 Å². The highest BCUT2D eigenvalue weighted by atomic mass is 16.5. The SMILES string of the molecule is Cc1c(C(=O)NC2C[C@H]3CC[C@@H](C2)N3c2ccc(C(=O)NC3CN(C)C3)cn2)ccc2c1OCC2. The summed E-state index contributed by atoms with van der Waals surface area (Å²) in [6, 6.07) is 8.89. The number of rotatable bonds is 5. The molecule has 6 rings (SSSR count). The lowest BCUT2D eigenvalue weighted by Gasteiger charge is -2.40. The van der Waals surface area contributed by atoms with Crippen molar-refractivity contribution in [3.05, 3.63) is 52.7 Å². The number of hydrogen-bond acceptors (Lipinski definition) is 6. The van der Waals surface area contributed by atoms with E-state index >= 15 is 0 Å². The maximum Gasteiger partial charge on any atom is 0.253 e. The van der Waals surface area contributed by atoms with Crippen LogP contribution in [-0.2, 0) is 6.42 Å². The van der Waals surface area contributed by atoms with Gasteiger partial charge in [-0.2, -0.15) is 0 Å². The van der Waals surface area contributed by atoms with Gasteiger partial charge in [-0.3, -0.25) is 9.59 Å². The second-order valence-electron chi connectivity index (χ2n) is 10.6. The zero-order valence-corrected chi connectivity index (χ0v) is 20.4. The number of carbonyl (C=O) groups excluding carboxylic acids is 2. The number of benzene rings is 1. The van der Waals surface area contributed by atoms with Crippen LogP contribution in [0.4, 0.5) is 5.82 Å². The normalized spacial score (nSPS) is 25.5. The molecule has 2 aromatic rings. The third-order valence-electron chi connectivity index (χ3n) is 8.09. The van der Waals surface area contributed by atoms with Gasteiger partial charge in [-0.25, -0.2) is 4.98 Å². The Labute approximate surface area is 206 Å². The van der Waals surface area contributed by atoms with Crippen LogP contribution in [0.2, 0.25) is 0 Å². The van der Waals surface area contributed by atoms with E-state index in [0.717, 1.165) is 62.3 Å². The second-order valence-corrected chi connectivity index (χ2v) is 10.6. The van der Waals surface area contributed by atoms with Crippen molar-refractivity contribution in [2.75, 3.05) is 31.6 Å². The van der Waals surface area contributed by atoms with Crippen LogP contribution in [0.1, 0.15) is 57.5 Å². The van der Waals surface area contributed by atoms with Crippen molar-refractivity contribution in [3.63, 3.8) is 0 Å². The maximum atomic E-state index is 13.1. The minimum atomic E-state index is -0.0567. The van der Waals surface area contributed by atoms with E-state index in [1.54, 1.807) is 6.20 Å². The third-order valence-corrected chi connectivity index (χ3v) is 8.09. The zero-order chi connectivity index (χ0) is 24.1. The lowest BCUT2D eigenvalue weighted by molar-refractivity contribution is 0.0856. The van der Waals surface area contributed by atoms with E-state index in [0.29, 0.717) is 29.8 Å². The summed E-state index contributed by atoms with van der Waals surface area (Å²) in [7, 11) is 2.05. The number of likely N-dealkylation sites (tertiary alicyclic amines) is 1. The first-order valence-electron chi connectivity index (χ1n) is 12.8. The van der Waals surface area contributed by atoms with Crippen LogP contribution in [-0.4, -0.2) is 72.6 Å². The van der Waals surface area contributed by atoms with E-state index in [-0.39, 0.29) is 23.9 Å². The van der Waals surface area contributed by atoms with Crippen molar-refractivity contribution >= 4 is 17.6 Å². The highest BCUT2D eigenvalue weighted by molar-refractivity contribution is 5.97. The molecule has 2 N–H and O–H groups in total. The van der Waals surface area contributed by atoms with Gasteiger partial charge in [0.2, 0.25) is 0 Å². The van der Waals surface area contributed by atoms with Crippen LogP contribution in [0.25, 0.3) is 0 Å². The van der Waals surface area contributed by atoms with E-state index in [1.807, 2.05) is 38.2 Å². The number of nitrogens with zero attached hydrogens (tertiary/aromatic N) is 3. The van der Waals surface area contributed by atoms with Crippen molar-refractivity contribution in [2.45, 2.75) is 63.2 Å². The van der Waals surface area contributed by atoms with Crippen molar-refractivity contribution in [3.8, 4) is 5.75 Å². The number of amides is 2. The molecule has 3 saturated heterocycles. The summed E-state index contributed by atoms with van der Waals surface area (Å²) >= 11 is 0. The Balaban J connectivity index is 1.09. The predicted octanol–water partition coefficient (Wildman–Crippen LogP) is 2.30. The quantitative estimate of drug-likeness (QED) is 0.690. The van der Waals surface area contributed by atoms with Gasteiger partial charge in [-0.1, -0.05) is 6.07 Å². The Bertz CT molecular complexity index is 1130. The number of hydrogen-bond donors (Lipinski definition) is 2. The highest BCUT2D eigenvalue weighted by Crippen LogP contribution is 2.39. The molecule has 3 atom stereocenters. The molecule has 1 unspecified atom stereocenters. The molecule has 0 radical (unpaired) electrons. The summed E-state index contributed by atoms with van der Waals surface area (Å²) in [4.78, 5) is 34.8. The van der Waals surface area contributed by atoms with E-state index < -0.39 is 0 Å². The predicted molar refractivity (Wildman–Crippen MR) is 133 cm³/mol. The first-order chi connectivity index (χ1) is 17.0. The van der Waals surface area contributed by atoms with Gasteiger partial charge in [0, 0.05) is 55.0 Å². The highest BCUT2D eigenvalue weighted by Gasteiger charge is 2.42. The molecule has 1 aromatic heterocycles. The summed E-state index contributed by atoms with van der Waals surface area (Å²) in [5.41, 5.74) is 3.45. The lowest BCUT2D eigenvalue weighted by atomic mass is 9.96. The van der Waals surface area contributed by atoms with Crippen molar-refractivity contribution < 1.29 is 14.3 Å². The van der Waals surface area contributed by atoms with Gasteiger partial charge < -0.3 is 25.2 Å². The van der Waals surface area contributed by atoms with E-state index in [1.165, 1.54) is 5.56 Å². The van der Waals surface area contributed by atoms with Crippen LogP contribution in [0, 0.1) is 6.92 Å². The molecule has 2 amide bonds. The molecule has 5 heterocycles. The van der Waals surface area contributed by atoms with E-state index in [9.17, 15) is 9.59 Å². The van der Waals surface area contributed by atoms with Gasteiger partial charge in [-0.15, -0.1) is 0 Å². The van der Waals surface area contributed by atoms with Crippen LogP contribution in [0.3, 0.4) is 0 Å². The summed E-state index contributed by atoms with van der Waals surface area (Å²) in [5.74, 6) is 1.74. The Morgan fingerprint density at radius 3 is 2.43 bits per heavy atom. The number of nitrogens with one attached hydrogen (secondary N) is 2. The van der Waals surface area contributed by atoms with Crippen LogP contribution < -0.4 is 20.3 Å². The molecule has 184 valence electrons. The number of carbonyl (C=O) groups is 2. The van der Waals surface area contributed by atoms with Crippen molar-refractivity contribution in [2.24, 2.45) is 0 Å². The maximum absolute atomic E-state index is 13.1. The monoisotopic (exact) mass is 475 g/mol. The summed E-state index contributed by atoms with van der Waals surface area (Å²) in [6.07, 6.45) is 6.62. The molecular weight excluding hydrogens is 442 g/mol. The van der Waals surface area contributed by atoms with E-state index in [4.69, 9.17) is 4.74 Å². The molecule has 8 heteroatoms. The van der Waals surface area contributed by atoms with Gasteiger partial charge in [0.05, 0.1) is 18.2 Å². The summed E-state index contributed by atoms with van der Waals surface area (Å²) < 4.78 is 5.75. The minimum Gasteiger partial charge on any atom is -0.493 e. The van der Waals surface area contributed by atoms with Gasteiger partial charge in [0.25, 0.3) is 11.8 Å². The Morgan fingerprint density at radius 1 is 1.00 bits per heavy atom. The smallest absolute Gasteiger partial charge is 0.253 e. The molecule has 4 aliphatic rings. The average Bonchev–Trinajstić information content (AvgIpc) is 3.41. The molecule has 0 spiro atoms. The third kappa shape index (κ3) is 4.14. The molecule has 8 nitrogen and oxygen atoms in total. The summed E-state index contributed by atoms with van der Waals surface area (Å²) in [5, 5.41) is 6.36. The van der Waals surface area contributed by atoms with Gasteiger partial charge in [0.1, 0.15) is 11.6 Å². The van der Waals surface area contributed by atoms with E-state index in [2.05, 4.69) is 25.4 Å². The number of piperidine rings is 1. The first kappa shape index (κ1) is 22.3. The number of aromatic nitrogens is 1. The largest absolute Gasteiger partial charge is 0.493 e. The lowest BCUT2D eigenvalue weighted by Crippen LogP contribution is -2.57. The minimum absolute atomic E-state index is 0.00945. The van der Waals surface area contributed by atoms with Gasteiger partial charge >= 0.3 is 0 Å². The van der Waals surface area contributed by atoms with Gasteiger partial charge in [0.15, 0.2) is 0 Å². The summed E-state index contributed by atoms with van der Waals surface area (Å²) in [6.45, 7) is 4.46. The Kier molecular flexibility index (Phi) is 5.63. The molecule has 3 fully saturated rings. The topological polar surface area (TPSA) is 86.8 Å². The molecule has 0 saturated carbocycles. The molecule has 35 heavy (non-hydrogen) atoms. The molecule has 2 bridgehead atoms. The molecular formula is C27H33N5O3. The van der Waals surface area contributed by atoms with Crippen LogP contribution in [0.5, 0.6) is 5.75 Å². The number of likely N-dealkylation sites (N-methyl/N-ethyl adjacent to an activating group) is 1. The second kappa shape index (κ2) is 8.82. The molecule has 4 aliphatic heterocycles. The fourth-order valence-corrected chi connectivity index (χ4v) is 6.32. The standard InChI is InChI=1S/C27H33N5O3/c1-16-23(7-3-17-9-10-35-25(16)17)27(34)29-19-11-21-5-6-22(12-19)32(21)24-8-4-18(13-28-24)26(33)30-20-14-31(2)15-20/h3-4,7-8,13,19-22H,5-6,9-12,14-15H2,1-2H3,(H,29,34)(H,30,33)/t19?,21-,22+. The van der Waals surface area contributed by atoms with Crippen LogP contribution >= 0.6 is 0 Å². The zero-order valence-electron chi connectivity index (χ0n) is 20.4. The number of ether oxygens (including phenoxy) is 1. The first-order valence-corrected chi connectivity index (χ1v) is 12.8. The van der Waals surface area contributed by atoms with Crippen LogP contribution in [0.15, 0.2) is 30.5 Å². The molecule has 1 aromatic carbocycles. The fraction of sp³-hybridized carbons (Fsp3) is 0.519. The number of anilines is 1.